The minimum absolute atomic E-state index is 0.211. The molecule has 0 spiro atoms. The average molecular weight is 307 g/mol. The van der Waals surface area contributed by atoms with Crippen molar-refractivity contribution in [1.82, 2.24) is 4.72 Å². The average Bonchev–Trinajstić information content (AvgIpc) is 2.14. The van der Waals surface area contributed by atoms with Crippen molar-refractivity contribution in [3.8, 4) is 0 Å². The van der Waals surface area contributed by atoms with E-state index in [2.05, 4.69) is 20.7 Å². The Morgan fingerprint density at radius 2 is 2.06 bits per heavy atom. The summed E-state index contributed by atoms with van der Waals surface area (Å²) < 4.78 is 26.8. The maximum Gasteiger partial charge on any atom is 0.241 e. The molecule has 0 aliphatic rings. The van der Waals surface area contributed by atoms with Gasteiger partial charge in [-0.3, -0.25) is 0 Å². The molecule has 0 heterocycles. The molecule has 1 aromatic rings. The molecular weight excluding hydrogens is 292 g/mol. The maximum absolute atomic E-state index is 11.9. The van der Waals surface area contributed by atoms with Gasteiger partial charge in [0.05, 0.1) is 4.90 Å². The van der Waals surface area contributed by atoms with Crippen molar-refractivity contribution in [3.63, 3.8) is 0 Å². The summed E-state index contributed by atoms with van der Waals surface area (Å²) in [7, 11) is -3.46. The number of anilines is 1. The second kappa shape index (κ2) is 5.16. The van der Waals surface area contributed by atoms with E-state index in [1.165, 1.54) is 6.07 Å². The lowest BCUT2D eigenvalue weighted by Crippen LogP contribution is -2.27. The highest BCUT2D eigenvalue weighted by Crippen LogP contribution is 2.23. The van der Waals surface area contributed by atoms with Crippen LogP contribution in [0.3, 0.4) is 0 Å². The number of rotatable bonds is 4. The van der Waals surface area contributed by atoms with Gasteiger partial charge in [0, 0.05) is 16.7 Å². The summed E-state index contributed by atoms with van der Waals surface area (Å²) >= 11 is 3.19. The first-order valence-corrected chi connectivity index (χ1v) is 7.15. The summed E-state index contributed by atoms with van der Waals surface area (Å²) in [5, 5.41) is 0. The van der Waals surface area contributed by atoms with Crippen molar-refractivity contribution in [2.75, 3.05) is 12.3 Å². The Labute approximate surface area is 104 Å². The van der Waals surface area contributed by atoms with Crippen molar-refractivity contribution in [3.05, 3.63) is 22.7 Å². The largest absolute Gasteiger partial charge is 0.399 e. The Bertz CT molecular complexity index is 472. The summed E-state index contributed by atoms with van der Waals surface area (Å²) in [4.78, 5) is 0.211. The van der Waals surface area contributed by atoms with Gasteiger partial charge in [-0.2, -0.15) is 0 Å². The van der Waals surface area contributed by atoms with Gasteiger partial charge in [-0.15, -0.1) is 0 Å². The lowest BCUT2D eigenvalue weighted by atomic mass is 10.2. The number of nitrogens with two attached hydrogens (primary N) is 1. The van der Waals surface area contributed by atoms with E-state index < -0.39 is 10.0 Å². The molecule has 0 aliphatic heterocycles. The third kappa shape index (κ3) is 3.47. The highest BCUT2D eigenvalue weighted by atomic mass is 79.9. The molecule has 0 bridgehead atoms. The Morgan fingerprint density at radius 1 is 1.44 bits per heavy atom. The Hall–Kier alpha value is -0.590. The minimum atomic E-state index is -3.46. The van der Waals surface area contributed by atoms with E-state index in [4.69, 9.17) is 5.73 Å². The Kier molecular flexibility index (Phi) is 4.35. The van der Waals surface area contributed by atoms with Crippen molar-refractivity contribution in [1.29, 1.82) is 0 Å². The molecule has 0 saturated heterocycles. The second-order valence-corrected chi connectivity index (χ2v) is 6.53. The zero-order chi connectivity index (χ0) is 12.3. The first kappa shape index (κ1) is 13.5. The van der Waals surface area contributed by atoms with Crippen LogP contribution in [0.1, 0.15) is 13.8 Å². The summed E-state index contributed by atoms with van der Waals surface area (Å²) in [6.45, 7) is 4.31. The molecule has 0 radical (unpaired) electrons. The molecule has 0 amide bonds. The normalized spacial score (nSPS) is 12.0. The topological polar surface area (TPSA) is 72.2 Å². The number of sulfonamides is 1. The molecule has 0 aromatic heterocycles. The van der Waals surface area contributed by atoms with Crippen molar-refractivity contribution in [2.24, 2.45) is 5.92 Å². The zero-order valence-corrected chi connectivity index (χ0v) is 11.6. The predicted molar refractivity (Wildman–Crippen MR) is 68.6 cm³/mol. The first-order chi connectivity index (χ1) is 7.33. The van der Waals surface area contributed by atoms with Gasteiger partial charge in [0.25, 0.3) is 0 Å². The van der Waals surface area contributed by atoms with E-state index >= 15 is 0 Å². The van der Waals surface area contributed by atoms with E-state index in [-0.39, 0.29) is 10.8 Å². The van der Waals surface area contributed by atoms with Gasteiger partial charge < -0.3 is 5.73 Å². The fourth-order valence-corrected chi connectivity index (χ4v) is 3.40. The number of hydrogen-bond acceptors (Lipinski definition) is 3. The van der Waals surface area contributed by atoms with Gasteiger partial charge in [0.15, 0.2) is 0 Å². The van der Waals surface area contributed by atoms with Gasteiger partial charge in [-0.1, -0.05) is 13.8 Å². The van der Waals surface area contributed by atoms with Crippen LogP contribution in [0.25, 0.3) is 0 Å². The molecule has 0 atom stereocenters. The molecule has 1 rings (SSSR count). The van der Waals surface area contributed by atoms with Gasteiger partial charge in [-0.25, -0.2) is 13.1 Å². The summed E-state index contributed by atoms with van der Waals surface area (Å²) in [5.74, 6) is 0.266. The minimum Gasteiger partial charge on any atom is -0.399 e. The van der Waals surface area contributed by atoms with E-state index in [1.807, 2.05) is 13.8 Å². The Balaban J connectivity index is 2.99. The van der Waals surface area contributed by atoms with Gasteiger partial charge in [-0.05, 0) is 40.0 Å². The molecule has 0 fully saturated rings. The number of benzene rings is 1. The van der Waals surface area contributed by atoms with Crippen LogP contribution in [0.15, 0.2) is 27.6 Å². The van der Waals surface area contributed by atoms with Crippen LogP contribution in [0.4, 0.5) is 5.69 Å². The predicted octanol–water partition coefficient (Wildman–Crippen LogP) is 1.97. The highest BCUT2D eigenvalue weighted by molar-refractivity contribution is 9.10. The molecule has 4 nitrogen and oxygen atoms in total. The molecule has 90 valence electrons. The van der Waals surface area contributed by atoms with Gasteiger partial charge in [0.2, 0.25) is 10.0 Å². The number of nitrogen functional groups attached to an aromatic ring is 1. The molecular formula is C10H15BrN2O2S. The van der Waals surface area contributed by atoms with Crippen LogP contribution < -0.4 is 10.5 Å². The van der Waals surface area contributed by atoms with E-state index in [9.17, 15) is 8.42 Å². The van der Waals surface area contributed by atoms with Crippen LogP contribution in [-0.4, -0.2) is 15.0 Å². The standard InChI is InChI=1S/C10H15BrN2O2S/c1-7(2)6-13-16(14,15)10-4-3-8(12)5-9(10)11/h3-5,7,13H,6,12H2,1-2H3. The van der Waals surface area contributed by atoms with Crippen LogP contribution in [-0.2, 0) is 10.0 Å². The Morgan fingerprint density at radius 3 is 2.56 bits per heavy atom. The third-order valence-corrected chi connectivity index (χ3v) is 4.33. The molecule has 3 N–H and O–H groups in total. The smallest absolute Gasteiger partial charge is 0.241 e. The zero-order valence-electron chi connectivity index (χ0n) is 9.20. The van der Waals surface area contributed by atoms with E-state index in [0.29, 0.717) is 16.7 Å². The lowest BCUT2D eigenvalue weighted by molar-refractivity contribution is 0.560. The number of nitrogens with one attached hydrogen (secondary N) is 1. The quantitative estimate of drug-likeness (QED) is 0.835. The van der Waals surface area contributed by atoms with Crippen LogP contribution in [0.2, 0.25) is 0 Å². The van der Waals surface area contributed by atoms with Crippen molar-refractivity contribution >= 4 is 31.6 Å². The fourth-order valence-electron chi connectivity index (χ4n) is 1.09. The van der Waals surface area contributed by atoms with Crippen molar-refractivity contribution in [2.45, 2.75) is 18.7 Å². The number of hydrogen-bond donors (Lipinski definition) is 2. The first-order valence-electron chi connectivity index (χ1n) is 4.87. The lowest BCUT2D eigenvalue weighted by Gasteiger charge is -2.10. The second-order valence-electron chi connectivity index (χ2n) is 3.94. The van der Waals surface area contributed by atoms with Crippen molar-refractivity contribution < 1.29 is 8.42 Å². The number of halogens is 1. The summed E-state index contributed by atoms with van der Waals surface area (Å²) in [6.07, 6.45) is 0. The van der Waals surface area contributed by atoms with Gasteiger partial charge >= 0.3 is 0 Å². The van der Waals surface area contributed by atoms with E-state index in [0.717, 1.165) is 0 Å². The van der Waals surface area contributed by atoms with E-state index in [1.54, 1.807) is 12.1 Å². The van der Waals surface area contributed by atoms with Crippen LogP contribution >= 0.6 is 15.9 Å². The molecule has 0 saturated carbocycles. The molecule has 6 heteroatoms. The molecule has 16 heavy (non-hydrogen) atoms. The maximum atomic E-state index is 11.9. The molecule has 0 unspecified atom stereocenters. The molecule has 1 aromatic carbocycles. The monoisotopic (exact) mass is 306 g/mol. The highest BCUT2D eigenvalue weighted by Gasteiger charge is 2.17. The summed E-state index contributed by atoms with van der Waals surface area (Å²) in [5.41, 5.74) is 6.07. The SMILES string of the molecule is CC(C)CNS(=O)(=O)c1ccc(N)cc1Br. The summed E-state index contributed by atoms with van der Waals surface area (Å²) in [6, 6.07) is 4.63. The molecule has 0 aliphatic carbocycles. The van der Waals surface area contributed by atoms with Crippen LogP contribution in [0, 0.1) is 5.92 Å². The fraction of sp³-hybridized carbons (Fsp3) is 0.400. The third-order valence-electron chi connectivity index (χ3n) is 1.93. The van der Waals surface area contributed by atoms with Crippen LogP contribution in [0.5, 0.6) is 0 Å². The van der Waals surface area contributed by atoms with Gasteiger partial charge in [0.1, 0.15) is 0 Å².